The molecule has 0 N–H and O–H groups in total. The van der Waals surface area contributed by atoms with Gasteiger partial charge in [0.25, 0.3) is 6.33 Å². The van der Waals surface area contributed by atoms with Crippen molar-refractivity contribution >= 4 is 32.8 Å². The van der Waals surface area contributed by atoms with E-state index in [-0.39, 0.29) is 72.0 Å². The van der Waals surface area contributed by atoms with Gasteiger partial charge in [-0.1, -0.05) is 174 Å². The van der Waals surface area contributed by atoms with Crippen LogP contribution < -0.4 is 9.30 Å². The van der Waals surface area contributed by atoms with Crippen molar-refractivity contribution in [1.82, 2.24) is 19.1 Å². The first-order valence-corrected chi connectivity index (χ1v) is 20.4. The van der Waals surface area contributed by atoms with Crippen LogP contribution in [0.5, 0.6) is 11.6 Å². The Hall–Kier alpha value is -6.62. The Morgan fingerprint density at radius 2 is 1.34 bits per heavy atom. The second kappa shape index (κ2) is 17.2. The minimum Gasteiger partial charge on any atom is -0.484 e. The topological polar surface area (TPSA) is 48.8 Å². The van der Waals surface area contributed by atoms with Gasteiger partial charge in [0.15, 0.2) is 0 Å². The van der Waals surface area contributed by atoms with Gasteiger partial charge in [-0.05, 0) is 80.7 Å². The minimum atomic E-state index is -2.11. The molecule has 0 saturated heterocycles. The molecule has 6 aromatic carbocycles. The van der Waals surface area contributed by atoms with Crippen LogP contribution in [-0.4, -0.2) is 19.1 Å². The van der Waals surface area contributed by atoms with Gasteiger partial charge >= 0.3 is 0 Å². The fraction of sp³-hybridized carbons (Fsp3) is 0.175. The van der Waals surface area contributed by atoms with Crippen molar-refractivity contribution in [1.29, 1.82) is 0 Å². The summed E-state index contributed by atoms with van der Waals surface area (Å²) >= 11 is 0. The van der Waals surface area contributed by atoms with E-state index < -0.39 is 84.0 Å². The molecule has 0 saturated carbocycles. The molecule has 4 aromatic heterocycles. The number of hydrogen-bond acceptors (Lipinski definition) is 3. The van der Waals surface area contributed by atoms with Gasteiger partial charge in [0.05, 0.1) is 30.4 Å². The second-order valence-corrected chi connectivity index (χ2v) is 17.1. The summed E-state index contributed by atoms with van der Waals surface area (Å²) in [5.41, 5.74) is 0.766. The summed E-state index contributed by atoms with van der Waals surface area (Å²) in [6, 6.07) is 28.6. The molecule has 0 atom stereocenters. The maximum absolute atomic E-state index is 9.48. The smallest absolute Gasteiger partial charge is 0.267 e. The fourth-order valence-corrected chi connectivity index (χ4v) is 7.75. The number of benzene rings is 6. The van der Waals surface area contributed by atoms with E-state index in [0.29, 0.717) is 27.9 Å². The van der Waals surface area contributed by atoms with Crippen LogP contribution in [0.25, 0.3) is 72.3 Å². The van der Waals surface area contributed by atoms with Crippen molar-refractivity contribution in [2.24, 2.45) is 10.8 Å². The molecule has 320 valence electrons. The molecule has 0 radical (unpaired) electrons. The summed E-state index contributed by atoms with van der Waals surface area (Å²) < 4.78 is 136. The molecule has 64 heavy (non-hydrogen) atoms. The molecule has 0 aliphatic heterocycles. The second-order valence-electron chi connectivity index (χ2n) is 17.1. The molecule has 0 aliphatic rings. The zero-order valence-electron chi connectivity index (χ0n) is 49.8. The van der Waals surface area contributed by atoms with E-state index in [4.69, 9.17) is 31.2 Å². The summed E-state index contributed by atoms with van der Waals surface area (Å²) in [7, 11) is 0. The molecule has 0 amide bonds. The van der Waals surface area contributed by atoms with Crippen LogP contribution in [0, 0.1) is 29.3 Å². The van der Waals surface area contributed by atoms with Gasteiger partial charge in [-0.25, -0.2) is 4.98 Å². The van der Waals surface area contributed by atoms with Crippen LogP contribution in [0.15, 0.2) is 164 Å². The Balaban J connectivity index is 0.00000740. The summed E-state index contributed by atoms with van der Waals surface area (Å²) in [5.74, 6) is 0.478. The molecular weight excluding hydrogens is 966 g/mol. The number of pyridine rings is 2. The van der Waals surface area contributed by atoms with E-state index in [2.05, 4.69) is 18.5 Å². The van der Waals surface area contributed by atoms with E-state index in [1.54, 1.807) is 74.0 Å². The molecule has 0 bridgehead atoms. The fourth-order valence-electron chi connectivity index (χ4n) is 7.75. The van der Waals surface area contributed by atoms with Crippen molar-refractivity contribution in [3.63, 3.8) is 0 Å². The molecule has 10 aromatic rings. The average molecular weight is 1030 g/mol. The predicted octanol–water partition coefficient (Wildman–Crippen LogP) is 13.5. The van der Waals surface area contributed by atoms with Crippen molar-refractivity contribution in [3.05, 3.63) is 193 Å². The first-order valence-electron chi connectivity index (χ1n) is 27.4. The predicted molar refractivity (Wildman–Crippen MR) is 255 cm³/mol. The zero-order valence-corrected chi connectivity index (χ0v) is 38.0. The van der Waals surface area contributed by atoms with Crippen molar-refractivity contribution < 1.29 is 49.6 Å². The molecule has 0 aliphatic carbocycles. The number of hydrogen-bond donors (Lipinski definition) is 0. The van der Waals surface area contributed by atoms with Gasteiger partial charge in [0.2, 0.25) is 0 Å². The van der Waals surface area contributed by atoms with E-state index in [1.807, 2.05) is 55.7 Å². The first-order chi connectivity index (χ1) is 36.1. The quantitative estimate of drug-likeness (QED) is 0.107. The van der Waals surface area contributed by atoms with Gasteiger partial charge in [-0.3, -0.25) is 9.55 Å². The van der Waals surface area contributed by atoms with Gasteiger partial charge in [0, 0.05) is 44.0 Å². The van der Waals surface area contributed by atoms with Gasteiger partial charge < -0.3 is 13.9 Å². The molecular formula is C57H49N5OPt-2. The largest absolute Gasteiger partial charge is 0.484 e. The zero-order chi connectivity index (χ0) is 55.6. The summed E-state index contributed by atoms with van der Waals surface area (Å²) in [4.78, 5) is 9.46. The Bertz CT molecular complexity index is 3940. The van der Waals surface area contributed by atoms with Crippen molar-refractivity contribution in [2.45, 2.75) is 54.3 Å². The van der Waals surface area contributed by atoms with Gasteiger partial charge in [0.1, 0.15) is 11.7 Å². The third-order valence-electron chi connectivity index (χ3n) is 10.1. The number of aromatic nitrogens is 5. The Kier molecular flexibility index (Phi) is 7.76. The Morgan fingerprint density at radius 3 is 2.03 bits per heavy atom. The summed E-state index contributed by atoms with van der Waals surface area (Å²) in [5, 5.41) is 1.69. The molecule has 6 nitrogen and oxygen atoms in total. The third-order valence-corrected chi connectivity index (χ3v) is 10.1. The monoisotopic (exact) mass is 1030 g/mol. The molecule has 4 heterocycles. The van der Waals surface area contributed by atoms with Crippen LogP contribution in [-0.2, 0) is 33.8 Å². The van der Waals surface area contributed by atoms with E-state index >= 15 is 0 Å². The van der Waals surface area contributed by atoms with E-state index in [0.717, 1.165) is 16.3 Å². The third kappa shape index (κ3) is 8.55. The number of rotatable bonds is 9. The Labute approximate surface area is 409 Å². The number of para-hydroxylation sites is 4. The number of nitrogens with zero attached hydrogens (tertiary/aromatic N) is 5. The normalized spacial score (nSPS) is 15.5. The van der Waals surface area contributed by atoms with Crippen LogP contribution >= 0.6 is 0 Å². The molecule has 0 unspecified atom stereocenters. The van der Waals surface area contributed by atoms with Crippen LogP contribution in [0.4, 0.5) is 0 Å². The summed E-state index contributed by atoms with van der Waals surface area (Å²) in [6.07, 6.45) is 1.11. The molecule has 0 spiro atoms. The van der Waals surface area contributed by atoms with Crippen LogP contribution in [0.3, 0.4) is 0 Å². The van der Waals surface area contributed by atoms with Crippen molar-refractivity contribution in [3.8, 4) is 51.1 Å². The maximum Gasteiger partial charge on any atom is 0.267 e. The summed E-state index contributed by atoms with van der Waals surface area (Å²) in [6.45, 7) is 10.7. The van der Waals surface area contributed by atoms with Crippen LogP contribution in [0.2, 0.25) is 0 Å². The molecule has 10 rings (SSSR count). The minimum absolute atomic E-state index is 0. The Morgan fingerprint density at radius 1 is 0.688 bits per heavy atom. The molecule has 7 heteroatoms. The van der Waals surface area contributed by atoms with E-state index in [9.17, 15) is 2.74 Å². The first kappa shape index (κ1) is 28.9. The molecule has 0 fully saturated rings. The van der Waals surface area contributed by atoms with Gasteiger partial charge in [-0.2, -0.15) is 18.2 Å². The maximum atomic E-state index is 9.48. The SMILES string of the molecule is [2H]c1c([2H])c([2H])c(-c2cccc(-c3c([2H])c([2H])c([2H])c([2H])c3[2H])c2-[n+]2[c-]n(-c3[c-]c(Oc4[c-]c5c(cc4)c4ccccc4n5-c4cc(C([2H])([2H])C(C)(C)C)ccn4)nc(C([2H])([2H])C(C)(C)C)c3)c3ccccc32)c([2H])c1[2H].[Pt]. The average Bonchev–Trinajstić information content (AvgIpc) is 4.08. The van der Waals surface area contributed by atoms with Crippen LogP contribution in [0.1, 0.15) is 72.0 Å². The standard InChI is InChI=1S/C57H49N5O.Pt/c1-56(2,3)36-39-30-31-58-53(32-39)62-49-25-14-13-22-47(49)48-29-28-44(35-52(48)62)63-54-34-43(33-42(59-54)37-57(4,5)6)60-38-61(51-27-16-15-26-50(51)60)55-45(40-18-9-7-10-19-40)23-17-24-46(55)41-20-11-8-12-21-41;/h7-33H,36-37H2,1-6H3;/q-2;/i7D,8D,9D,10D,11D,12D,18D,19D,20D,21D,36D2,37D2;. The van der Waals surface area contributed by atoms with Crippen molar-refractivity contribution in [2.75, 3.05) is 0 Å². The number of imidazole rings is 1. The number of ether oxygens (including phenoxy) is 1. The van der Waals surface area contributed by atoms with Gasteiger partial charge in [-0.15, -0.1) is 17.5 Å². The van der Waals surface area contributed by atoms with E-state index in [1.165, 1.54) is 28.8 Å². The number of fused-ring (bicyclic) bond motifs is 4.